The van der Waals surface area contributed by atoms with E-state index in [1.165, 1.54) is 5.57 Å². The van der Waals surface area contributed by atoms with E-state index in [1.807, 2.05) is 31.9 Å². The molecule has 0 aliphatic heterocycles. The monoisotopic (exact) mass is 329 g/mol. The van der Waals surface area contributed by atoms with Crippen molar-refractivity contribution < 1.29 is 4.79 Å². The van der Waals surface area contributed by atoms with E-state index in [4.69, 9.17) is 5.73 Å². The van der Waals surface area contributed by atoms with Crippen LogP contribution >= 0.6 is 0 Å². The van der Waals surface area contributed by atoms with Gasteiger partial charge in [-0.2, -0.15) is 0 Å². The molecule has 0 saturated heterocycles. The van der Waals surface area contributed by atoms with E-state index >= 15 is 0 Å². The Morgan fingerprint density at radius 1 is 1.42 bits per heavy atom. The van der Waals surface area contributed by atoms with E-state index in [2.05, 4.69) is 31.8 Å². The van der Waals surface area contributed by atoms with Crippen molar-refractivity contribution in [2.75, 3.05) is 12.8 Å². The SMILES string of the molecule is Cc1cc(N)cnc1C1=CCC(N(C)C(=O)C(C)C(C)(C)C)CC1. The number of nitrogens with zero attached hydrogens (tertiary/aromatic N) is 2. The maximum absolute atomic E-state index is 12.7. The fraction of sp³-hybridized carbons (Fsp3) is 0.600. The number of amides is 1. The predicted molar refractivity (Wildman–Crippen MR) is 100 cm³/mol. The van der Waals surface area contributed by atoms with Gasteiger partial charge >= 0.3 is 0 Å². The van der Waals surface area contributed by atoms with Crippen LogP contribution < -0.4 is 5.73 Å². The van der Waals surface area contributed by atoms with Crippen LogP contribution in [0.3, 0.4) is 0 Å². The van der Waals surface area contributed by atoms with E-state index < -0.39 is 0 Å². The Kier molecular flexibility index (Phi) is 5.36. The summed E-state index contributed by atoms with van der Waals surface area (Å²) < 4.78 is 0. The first-order chi connectivity index (χ1) is 11.1. The molecule has 132 valence electrons. The molecule has 1 amide bonds. The molecule has 4 heteroatoms. The molecule has 0 bridgehead atoms. The topological polar surface area (TPSA) is 59.2 Å². The summed E-state index contributed by atoms with van der Waals surface area (Å²) in [5.74, 6) is 0.264. The van der Waals surface area contributed by atoms with Crippen LogP contribution in [0.1, 0.15) is 58.2 Å². The van der Waals surface area contributed by atoms with Gasteiger partial charge in [0, 0.05) is 19.0 Å². The van der Waals surface area contributed by atoms with E-state index in [0.717, 1.165) is 30.5 Å². The van der Waals surface area contributed by atoms with Crippen LogP contribution in [0.25, 0.3) is 5.57 Å². The Labute approximate surface area is 146 Å². The van der Waals surface area contributed by atoms with Crippen molar-refractivity contribution in [3.8, 4) is 0 Å². The first-order valence-corrected chi connectivity index (χ1v) is 8.79. The molecular weight excluding hydrogens is 298 g/mol. The summed E-state index contributed by atoms with van der Waals surface area (Å²) in [7, 11) is 1.95. The van der Waals surface area contributed by atoms with Gasteiger partial charge in [0.2, 0.25) is 5.91 Å². The zero-order valence-corrected chi connectivity index (χ0v) is 15.9. The Bertz CT molecular complexity index is 643. The van der Waals surface area contributed by atoms with E-state index in [0.29, 0.717) is 5.69 Å². The van der Waals surface area contributed by atoms with Gasteiger partial charge in [-0.15, -0.1) is 0 Å². The largest absolute Gasteiger partial charge is 0.397 e. The normalized spacial score (nSPS) is 19.6. The lowest BCUT2D eigenvalue weighted by atomic mass is 9.80. The van der Waals surface area contributed by atoms with Crippen LogP contribution in [0.4, 0.5) is 5.69 Å². The lowest BCUT2D eigenvalue weighted by Gasteiger charge is -2.36. The summed E-state index contributed by atoms with van der Waals surface area (Å²) in [4.78, 5) is 19.2. The molecule has 4 nitrogen and oxygen atoms in total. The summed E-state index contributed by atoms with van der Waals surface area (Å²) in [5, 5.41) is 0. The zero-order chi connectivity index (χ0) is 18.1. The number of hydrogen-bond donors (Lipinski definition) is 1. The molecule has 2 unspecified atom stereocenters. The molecule has 1 aromatic heterocycles. The van der Waals surface area contributed by atoms with Crippen molar-refractivity contribution >= 4 is 17.2 Å². The molecule has 2 rings (SSSR count). The second-order valence-corrected chi connectivity index (χ2v) is 8.13. The lowest BCUT2D eigenvalue weighted by molar-refractivity contribution is -0.139. The van der Waals surface area contributed by atoms with Crippen molar-refractivity contribution in [1.29, 1.82) is 0 Å². The zero-order valence-electron chi connectivity index (χ0n) is 15.9. The maximum atomic E-state index is 12.7. The highest BCUT2D eigenvalue weighted by molar-refractivity contribution is 5.79. The summed E-state index contributed by atoms with van der Waals surface area (Å²) in [6.45, 7) is 10.4. The van der Waals surface area contributed by atoms with Gasteiger partial charge in [0.15, 0.2) is 0 Å². The van der Waals surface area contributed by atoms with Crippen LogP contribution in [0.5, 0.6) is 0 Å². The minimum Gasteiger partial charge on any atom is -0.397 e. The highest BCUT2D eigenvalue weighted by Crippen LogP contribution is 2.32. The molecule has 0 saturated carbocycles. The number of carbonyl (C=O) groups excluding carboxylic acids is 1. The minimum absolute atomic E-state index is 0.00793. The van der Waals surface area contributed by atoms with Gasteiger partial charge in [0.25, 0.3) is 0 Å². The number of allylic oxidation sites excluding steroid dienone is 1. The molecular formula is C20H31N3O. The van der Waals surface area contributed by atoms with Gasteiger partial charge in [-0.05, 0) is 48.8 Å². The van der Waals surface area contributed by atoms with Crippen LogP contribution in [-0.4, -0.2) is 28.9 Å². The fourth-order valence-electron chi connectivity index (χ4n) is 3.18. The molecule has 1 aliphatic carbocycles. The Morgan fingerprint density at radius 3 is 2.58 bits per heavy atom. The number of pyridine rings is 1. The molecule has 1 heterocycles. The molecule has 1 aromatic rings. The number of rotatable bonds is 3. The average molecular weight is 329 g/mol. The summed E-state index contributed by atoms with van der Waals surface area (Å²) in [6.07, 6.45) is 6.78. The van der Waals surface area contributed by atoms with E-state index in [1.54, 1.807) is 6.20 Å². The molecule has 0 aromatic carbocycles. The van der Waals surface area contributed by atoms with Gasteiger partial charge < -0.3 is 10.6 Å². The molecule has 0 fully saturated rings. The van der Waals surface area contributed by atoms with E-state index in [9.17, 15) is 4.79 Å². The van der Waals surface area contributed by atoms with Crippen molar-refractivity contribution in [3.05, 3.63) is 29.6 Å². The molecule has 2 N–H and O–H groups in total. The van der Waals surface area contributed by atoms with Gasteiger partial charge in [-0.3, -0.25) is 9.78 Å². The molecule has 1 aliphatic rings. The van der Waals surface area contributed by atoms with Crippen molar-refractivity contribution in [2.24, 2.45) is 11.3 Å². The first-order valence-electron chi connectivity index (χ1n) is 8.79. The second kappa shape index (κ2) is 6.96. The van der Waals surface area contributed by atoms with Crippen LogP contribution in [0, 0.1) is 18.3 Å². The standard InChI is InChI=1S/C20H31N3O/c1-13-11-16(21)12-22-18(13)15-7-9-17(10-8-15)23(6)19(24)14(2)20(3,4)5/h7,11-12,14,17H,8-10,21H2,1-6H3. The van der Waals surface area contributed by atoms with Crippen LogP contribution in [0.2, 0.25) is 0 Å². The summed E-state index contributed by atoms with van der Waals surface area (Å²) in [5.41, 5.74) is 9.91. The number of aryl methyl sites for hydroxylation is 1. The molecule has 24 heavy (non-hydrogen) atoms. The maximum Gasteiger partial charge on any atom is 0.225 e. The third-order valence-corrected chi connectivity index (χ3v) is 5.35. The van der Waals surface area contributed by atoms with Gasteiger partial charge in [-0.1, -0.05) is 33.8 Å². The van der Waals surface area contributed by atoms with Gasteiger partial charge in [0.1, 0.15) is 0 Å². The van der Waals surface area contributed by atoms with Gasteiger partial charge in [0.05, 0.1) is 17.6 Å². The first kappa shape index (κ1) is 18.5. The molecule has 0 spiro atoms. The third-order valence-electron chi connectivity index (χ3n) is 5.35. The average Bonchev–Trinajstić information content (AvgIpc) is 2.52. The Balaban J connectivity index is 2.08. The Morgan fingerprint density at radius 2 is 2.08 bits per heavy atom. The number of anilines is 1. The highest BCUT2D eigenvalue weighted by Gasteiger charge is 2.32. The number of nitrogens with two attached hydrogens (primary N) is 1. The van der Waals surface area contributed by atoms with E-state index in [-0.39, 0.29) is 23.3 Å². The summed E-state index contributed by atoms with van der Waals surface area (Å²) >= 11 is 0. The van der Waals surface area contributed by atoms with Crippen molar-refractivity contribution in [2.45, 2.75) is 59.9 Å². The Hall–Kier alpha value is -1.84. The highest BCUT2D eigenvalue weighted by atomic mass is 16.2. The van der Waals surface area contributed by atoms with Crippen LogP contribution in [0.15, 0.2) is 18.3 Å². The van der Waals surface area contributed by atoms with Crippen LogP contribution in [-0.2, 0) is 4.79 Å². The number of aromatic nitrogens is 1. The lowest BCUT2D eigenvalue weighted by Crippen LogP contribution is -2.43. The number of carbonyl (C=O) groups is 1. The van der Waals surface area contributed by atoms with Crippen molar-refractivity contribution in [3.63, 3.8) is 0 Å². The third kappa shape index (κ3) is 3.97. The molecule has 0 radical (unpaired) electrons. The minimum atomic E-state index is -0.00793. The smallest absolute Gasteiger partial charge is 0.225 e. The number of nitrogen functional groups attached to an aromatic ring is 1. The fourth-order valence-corrected chi connectivity index (χ4v) is 3.18. The molecule has 2 atom stereocenters. The van der Waals surface area contributed by atoms with Gasteiger partial charge in [-0.25, -0.2) is 0 Å². The second-order valence-electron chi connectivity index (χ2n) is 8.13. The predicted octanol–water partition coefficient (Wildman–Crippen LogP) is 4.05. The quantitative estimate of drug-likeness (QED) is 0.910. The van der Waals surface area contributed by atoms with Crippen molar-refractivity contribution in [1.82, 2.24) is 9.88 Å². The summed E-state index contributed by atoms with van der Waals surface area (Å²) in [6, 6.07) is 2.25. The number of hydrogen-bond acceptors (Lipinski definition) is 3.